The van der Waals surface area contributed by atoms with Crippen LogP contribution in [0.2, 0.25) is 0 Å². The Kier molecular flexibility index (Phi) is 3.92. The molecule has 0 aromatic carbocycles. The Labute approximate surface area is 106 Å². The van der Waals surface area contributed by atoms with Gasteiger partial charge in [-0.2, -0.15) is 0 Å². The second kappa shape index (κ2) is 4.60. The zero-order valence-corrected chi connectivity index (χ0v) is 12.2. The molecule has 100 valence electrons. The van der Waals surface area contributed by atoms with Gasteiger partial charge in [0, 0.05) is 12.1 Å². The summed E-state index contributed by atoms with van der Waals surface area (Å²) in [4.78, 5) is 14.5. The SMILES string of the molecule is CC(C)[C@H](N)C(=O)N1CCC[C@@]1(C)C(C)(C)C. The van der Waals surface area contributed by atoms with E-state index in [1.165, 1.54) is 0 Å². The van der Waals surface area contributed by atoms with E-state index in [1.54, 1.807) is 0 Å². The largest absolute Gasteiger partial charge is 0.335 e. The van der Waals surface area contributed by atoms with Crippen molar-refractivity contribution in [3.63, 3.8) is 0 Å². The molecule has 1 rings (SSSR count). The molecule has 1 aliphatic heterocycles. The van der Waals surface area contributed by atoms with E-state index in [0.717, 1.165) is 19.4 Å². The molecule has 2 atom stereocenters. The van der Waals surface area contributed by atoms with E-state index in [1.807, 2.05) is 18.7 Å². The fourth-order valence-corrected chi connectivity index (χ4v) is 2.56. The van der Waals surface area contributed by atoms with Crippen LogP contribution in [0.25, 0.3) is 0 Å². The van der Waals surface area contributed by atoms with Crippen LogP contribution in [0, 0.1) is 11.3 Å². The van der Waals surface area contributed by atoms with Crippen LogP contribution in [-0.2, 0) is 4.79 Å². The first-order chi connectivity index (χ1) is 7.61. The molecule has 0 unspecified atom stereocenters. The first-order valence-corrected chi connectivity index (χ1v) is 6.68. The van der Waals surface area contributed by atoms with Crippen molar-refractivity contribution in [3.05, 3.63) is 0 Å². The quantitative estimate of drug-likeness (QED) is 0.805. The molecular formula is C14H28N2O. The smallest absolute Gasteiger partial charge is 0.240 e. The number of carbonyl (C=O) groups excluding carboxylic acids is 1. The lowest BCUT2D eigenvalue weighted by Crippen LogP contribution is -2.58. The Morgan fingerprint density at radius 2 is 1.88 bits per heavy atom. The molecule has 0 saturated carbocycles. The second-order valence-corrected chi connectivity index (χ2v) is 6.89. The Hall–Kier alpha value is -0.570. The van der Waals surface area contributed by atoms with E-state index in [9.17, 15) is 4.79 Å². The number of likely N-dealkylation sites (tertiary alicyclic amines) is 1. The number of hydrogen-bond donors (Lipinski definition) is 1. The van der Waals surface area contributed by atoms with Crippen LogP contribution in [0.3, 0.4) is 0 Å². The monoisotopic (exact) mass is 240 g/mol. The lowest BCUT2D eigenvalue weighted by Gasteiger charge is -2.46. The predicted octanol–water partition coefficient (Wildman–Crippen LogP) is 2.40. The maximum Gasteiger partial charge on any atom is 0.240 e. The van der Waals surface area contributed by atoms with Crippen molar-refractivity contribution >= 4 is 5.91 Å². The number of amides is 1. The first kappa shape index (κ1) is 14.5. The topological polar surface area (TPSA) is 46.3 Å². The highest BCUT2D eigenvalue weighted by molar-refractivity contribution is 5.83. The summed E-state index contributed by atoms with van der Waals surface area (Å²) >= 11 is 0. The third kappa shape index (κ3) is 2.49. The predicted molar refractivity (Wildman–Crippen MR) is 71.6 cm³/mol. The van der Waals surface area contributed by atoms with Crippen molar-refractivity contribution in [2.75, 3.05) is 6.54 Å². The van der Waals surface area contributed by atoms with Crippen molar-refractivity contribution in [2.24, 2.45) is 17.1 Å². The summed E-state index contributed by atoms with van der Waals surface area (Å²) in [5.41, 5.74) is 6.05. The molecule has 2 N–H and O–H groups in total. The van der Waals surface area contributed by atoms with Crippen LogP contribution in [0.15, 0.2) is 0 Å². The third-order valence-corrected chi connectivity index (χ3v) is 4.53. The minimum atomic E-state index is -0.366. The van der Waals surface area contributed by atoms with Gasteiger partial charge in [-0.05, 0) is 31.1 Å². The van der Waals surface area contributed by atoms with Crippen molar-refractivity contribution in [3.8, 4) is 0 Å². The standard InChI is InChI=1S/C14H28N2O/c1-10(2)11(15)12(17)16-9-7-8-14(16,6)13(3,4)5/h10-11H,7-9,15H2,1-6H3/t11-,14-/m0/s1. The maximum absolute atomic E-state index is 12.4. The molecule has 1 saturated heterocycles. The molecule has 3 heteroatoms. The molecular weight excluding hydrogens is 212 g/mol. The molecule has 0 aromatic rings. The highest BCUT2D eigenvalue weighted by Crippen LogP contribution is 2.43. The first-order valence-electron chi connectivity index (χ1n) is 6.68. The molecule has 1 fully saturated rings. The number of hydrogen-bond acceptors (Lipinski definition) is 2. The summed E-state index contributed by atoms with van der Waals surface area (Å²) in [6.07, 6.45) is 2.16. The average Bonchev–Trinajstić information content (AvgIpc) is 2.58. The van der Waals surface area contributed by atoms with E-state index < -0.39 is 0 Å². The van der Waals surface area contributed by atoms with Gasteiger partial charge < -0.3 is 10.6 Å². The number of nitrogens with two attached hydrogens (primary N) is 1. The van der Waals surface area contributed by atoms with E-state index in [4.69, 9.17) is 5.73 Å². The molecule has 1 amide bonds. The average molecular weight is 240 g/mol. The van der Waals surface area contributed by atoms with E-state index in [-0.39, 0.29) is 28.8 Å². The van der Waals surface area contributed by atoms with Crippen molar-refractivity contribution < 1.29 is 4.79 Å². The Morgan fingerprint density at radius 1 is 1.35 bits per heavy atom. The van der Waals surface area contributed by atoms with Gasteiger partial charge in [0.2, 0.25) is 5.91 Å². The number of rotatable bonds is 2. The van der Waals surface area contributed by atoms with Gasteiger partial charge in [0.05, 0.1) is 6.04 Å². The fraction of sp³-hybridized carbons (Fsp3) is 0.929. The zero-order valence-electron chi connectivity index (χ0n) is 12.2. The van der Waals surface area contributed by atoms with Crippen LogP contribution >= 0.6 is 0 Å². The summed E-state index contributed by atoms with van der Waals surface area (Å²) in [6, 6.07) is -0.366. The minimum absolute atomic E-state index is 0.0589. The fourth-order valence-electron chi connectivity index (χ4n) is 2.56. The van der Waals surface area contributed by atoms with Gasteiger partial charge in [-0.15, -0.1) is 0 Å². The minimum Gasteiger partial charge on any atom is -0.335 e. The van der Waals surface area contributed by atoms with Gasteiger partial charge in [0.1, 0.15) is 0 Å². The van der Waals surface area contributed by atoms with Gasteiger partial charge in [0.25, 0.3) is 0 Å². The molecule has 1 aliphatic rings. The second-order valence-electron chi connectivity index (χ2n) is 6.89. The van der Waals surface area contributed by atoms with Crippen molar-refractivity contribution in [1.29, 1.82) is 0 Å². The molecule has 0 bridgehead atoms. The Morgan fingerprint density at radius 3 is 2.29 bits per heavy atom. The summed E-state index contributed by atoms with van der Waals surface area (Å²) in [5.74, 6) is 0.322. The molecule has 1 heterocycles. The summed E-state index contributed by atoms with van der Waals surface area (Å²) in [7, 11) is 0. The summed E-state index contributed by atoms with van der Waals surface area (Å²) in [5, 5.41) is 0. The lowest BCUT2D eigenvalue weighted by molar-refractivity contribution is -0.141. The third-order valence-electron chi connectivity index (χ3n) is 4.53. The molecule has 3 nitrogen and oxygen atoms in total. The van der Waals surface area contributed by atoms with Crippen LogP contribution in [0.5, 0.6) is 0 Å². The van der Waals surface area contributed by atoms with Gasteiger partial charge >= 0.3 is 0 Å². The van der Waals surface area contributed by atoms with E-state index in [0.29, 0.717) is 0 Å². The van der Waals surface area contributed by atoms with Crippen LogP contribution in [-0.4, -0.2) is 28.9 Å². The van der Waals surface area contributed by atoms with E-state index in [2.05, 4.69) is 27.7 Å². The summed E-state index contributed by atoms with van der Waals surface area (Å²) in [6.45, 7) is 13.7. The molecule has 17 heavy (non-hydrogen) atoms. The van der Waals surface area contributed by atoms with Crippen molar-refractivity contribution in [1.82, 2.24) is 4.90 Å². The Balaban J connectivity index is 2.94. The van der Waals surface area contributed by atoms with Gasteiger partial charge in [-0.3, -0.25) is 4.79 Å². The number of nitrogens with zero attached hydrogens (tertiary/aromatic N) is 1. The molecule has 0 radical (unpaired) electrons. The molecule has 0 aromatic heterocycles. The number of carbonyl (C=O) groups is 1. The van der Waals surface area contributed by atoms with Gasteiger partial charge in [-0.25, -0.2) is 0 Å². The van der Waals surface area contributed by atoms with Crippen LogP contribution < -0.4 is 5.73 Å². The Bertz CT molecular complexity index is 293. The highest BCUT2D eigenvalue weighted by Gasteiger charge is 2.48. The molecule has 0 aliphatic carbocycles. The van der Waals surface area contributed by atoms with E-state index >= 15 is 0 Å². The van der Waals surface area contributed by atoms with Crippen LogP contribution in [0.1, 0.15) is 54.4 Å². The normalized spacial score (nSPS) is 27.6. The molecule has 0 spiro atoms. The maximum atomic E-state index is 12.4. The lowest BCUT2D eigenvalue weighted by atomic mass is 9.73. The summed E-state index contributed by atoms with van der Waals surface area (Å²) < 4.78 is 0. The van der Waals surface area contributed by atoms with Gasteiger partial charge in [0.15, 0.2) is 0 Å². The van der Waals surface area contributed by atoms with Gasteiger partial charge in [-0.1, -0.05) is 34.6 Å². The van der Waals surface area contributed by atoms with Crippen molar-refractivity contribution in [2.45, 2.75) is 66.0 Å². The van der Waals surface area contributed by atoms with Crippen LogP contribution in [0.4, 0.5) is 0 Å². The highest BCUT2D eigenvalue weighted by atomic mass is 16.2. The zero-order chi connectivity index (χ0) is 13.4.